The Morgan fingerprint density at radius 3 is 2.84 bits per heavy atom. The number of benzene rings is 1. The van der Waals surface area contributed by atoms with E-state index < -0.39 is 0 Å². The maximum Gasteiger partial charge on any atom is 0.119 e. The summed E-state index contributed by atoms with van der Waals surface area (Å²) in [6, 6.07) is 8.35. The third kappa shape index (κ3) is 5.05. The molecule has 1 fully saturated rings. The van der Waals surface area contributed by atoms with Crippen LogP contribution in [0, 0.1) is 0 Å². The Hall–Kier alpha value is -0.710. The van der Waals surface area contributed by atoms with E-state index in [0.29, 0.717) is 0 Å². The minimum Gasteiger partial charge on any atom is -0.492 e. The van der Waals surface area contributed by atoms with Crippen molar-refractivity contribution in [3.63, 3.8) is 0 Å². The van der Waals surface area contributed by atoms with E-state index in [0.717, 1.165) is 30.7 Å². The molecule has 1 aromatic carbocycles. The van der Waals surface area contributed by atoms with Crippen LogP contribution in [0.25, 0.3) is 0 Å². The molecule has 106 valence electrons. The molecule has 1 saturated heterocycles. The Morgan fingerprint density at radius 2 is 2.16 bits per heavy atom. The lowest BCUT2D eigenvalue weighted by molar-refractivity contribution is 0.215. The summed E-state index contributed by atoms with van der Waals surface area (Å²) in [4.78, 5) is 2.50. The van der Waals surface area contributed by atoms with Gasteiger partial charge in [0.2, 0.25) is 0 Å². The number of ether oxygens (including phenoxy) is 1. The predicted octanol–water partition coefficient (Wildman–Crippen LogP) is 2.22. The third-order valence-corrected chi connectivity index (χ3v) is 4.44. The number of hydrogen-bond donors (Lipinski definition) is 1. The largest absolute Gasteiger partial charge is 0.492 e. The Balaban J connectivity index is 1.70. The van der Waals surface area contributed by atoms with Crippen LogP contribution in [0.1, 0.15) is 12.5 Å². The normalized spacial score (nSPS) is 20.4. The summed E-state index contributed by atoms with van der Waals surface area (Å²) in [7, 11) is 1.96. The van der Waals surface area contributed by atoms with Crippen LogP contribution >= 0.6 is 11.8 Å². The number of nitrogens with zero attached hydrogens (tertiary/aromatic N) is 1. The van der Waals surface area contributed by atoms with Crippen LogP contribution in [0.2, 0.25) is 0 Å². The second-order valence-corrected chi connectivity index (χ2v) is 6.55. The molecule has 1 aromatic rings. The van der Waals surface area contributed by atoms with Gasteiger partial charge >= 0.3 is 0 Å². The van der Waals surface area contributed by atoms with Crippen LogP contribution in [0.4, 0.5) is 0 Å². The lowest BCUT2D eigenvalue weighted by atomic mass is 10.2. The highest BCUT2D eigenvalue weighted by Gasteiger charge is 2.15. The molecule has 1 N–H and O–H groups in total. The van der Waals surface area contributed by atoms with Crippen molar-refractivity contribution in [2.24, 2.45) is 0 Å². The van der Waals surface area contributed by atoms with Crippen molar-refractivity contribution in [3.8, 4) is 5.75 Å². The Morgan fingerprint density at radius 1 is 1.37 bits per heavy atom. The van der Waals surface area contributed by atoms with Gasteiger partial charge in [0.1, 0.15) is 12.4 Å². The summed E-state index contributed by atoms with van der Waals surface area (Å²) in [5.41, 5.74) is 1.29. The van der Waals surface area contributed by atoms with Gasteiger partial charge in [-0.15, -0.1) is 0 Å². The third-order valence-electron chi connectivity index (χ3n) is 3.31. The minimum absolute atomic E-state index is 0.759. The van der Waals surface area contributed by atoms with Gasteiger partial charge < -0.3 is 10.1 Å². The SMILES string of the molecule is CNCc1ccc(OCCN2CCSC(C)C2)cc1. The van der Waals surface area contributed by atoms with Crippen LogP contribution in [0.15, 0.2) is 24.3 Å². The average molecular weight is 280 g/mol. The molecule has 0 aliphatic carbocycles. The number of thioether (sulfide) groups is 1. The standard InChI is InChI=1S/C15H24N2OS/c1-13-12-17(8-10-19-13)7-9-18-15-5-3-14(4-6-15)11-16-2/h3-6,13,16H,7-12H2,1-2H3. The summed E-state index contributed by atoms with van der Waals surface area (Å²) in [6.07, 6.45) is 0. The quantitative estimate of drug-likeness (QED) is 0.863. The maximum atomic E-state index is 5.81. The van der Waals surface area contributed by atoms with E-state index in [4.69, 9.17) is 4.74 Å². The summed E-state index contributed by atoms with van der Waals surface area (Å²) >= 11 is 2.07. The van der Waals surface area contributed by atoms with Crippen LogP contribution in [-0.2, 0) is 6.54 Å². The molecule has 0 bridgehead atoms. The lowest BCUT2D eigenvalue weighted by Crippen LogP contribution is -2.39. The second kappa shape index (κ2) is 7.78. The first-order valence-electron chi connectivity index (χ1n) is 6.98. The second-order valence-electron chi connectivity index (χ2n) is 5.00. The van der Waals surface area contributed by atoms with Crippen molar-refractivity contribution < 1.29 is 4.74 Å². The predicted molar refractivity (Wildman–Crippen MR) is 83.1 cm³/mol. The maximum absolute atomic E-state index is 5.81. The van der Waals surface area contributed by atoms with E-state index in [1.165, 1.54) is 24.4 Å². The first-order chi connectivity index (χ1) is 9.28. The molecule has 0 amide bonds. The lowest BCUT2D eigenvalue weighted by Gasteiger charge is -2.30. The van der Waals surface area contributed by atoms with Crippen LogP contribution in [-0.4, -0.2) is 49.2 Å². The highest BCUT2D eigenvalue weighted by Crippen LogP contribution is 2.17. The molecular weight excluding hydrogens is 256 g/mol. The Kier molecular flexibility index (Phi) is 6.01. The summed E-state index contributed by atoms with van der Waals surface area (Å²) in [5, 5.41) is 3.90. The molecule has 0 radical (unpaired) electrons. The van der Waals surface area contributed by atoms with Gasteiger partial charge in [0.05, 0.1) is 0 Å². The zero-order valence-electron chi connectivity index (χ0n) is 11.9. The summed E-state index contributed by atoms with van der Waals surface area (Å²) in [5.74, 6) is 2.22. The van der Waals surface area contributed by atoms with Crippen molar-refractivity contribution in [2.45, 2.75) is 18.7 Å². The van der Waals surface area contributed by atoms with E-state index in [-0.39, 0.29) is 0 Å². The topological polar surface area (TPSA) is 24.5 Å². The molecule has 3 nitrogen and oxygen atoms in total. The monoisotopic (exact) mass is 280 g/mol. The molecule has 0 spiro atoms. The Labute approximate surface area is 120 Å². The highest BCUT2D eigenvalue weighted by atomic mass is 32.2. The van der Waals surface area contributed by atoms with E-state index in [1.54, 1.807) is 0 Å². The van der Waals surface area contributed by atoms with Gasteiger partial charge in [-0.25, -0.2) is 0 Å². The number of rotatable bonds is 6. The van der Waals surface area contributed by atoms with Gasteiger partial charge in [-0.3, -0.25) is 4.90 Å². The molecule has 1 atom stereocenters. The van der Waals surface area contributed by atoms with Gasteiger partial charge in [0.15, 0.2) is 0 Å². The summed E-state index contributed by atoms with van der Waals surface area (Å²) < 4.78 is 5.81. The van der Waals surface area contributed by atoms with E-state index >= 15 is 0 Å². The molecule has 1 unspecified atom stereocenters. The highest BCUT2D eigenvalue weighted by molar-refractivity contribution is 7.99. The van der Waals surface area contributed by atoms with E-state index in [2.05, 4.69) is 53.2 Å². The van der Waals surface area contributed by atoms with Gasteiger partial charge in [0.25, 0.3) is 0 Å². The molecule has 1 aliphatic heterocycles. The smallest absolute Gasteiger partial charge is 0.119 e. The fourth-order valence-electron chi connectivity index (χ4n) is 2.29. The molecule has 0 aromatic heterocycles. The molecule has 4 heteroatoms. The van der Waals surface area contributed by atoms with Gasteiger partial charge in [-0.1, -0.05) is 19.1 Å². The molecule has 1 heterocycles. The molecule has 2 rings (SSSR count). The van der Waals surface area contributed by atoms with Gasteiger partial charge in [-0.2, -0.15) is 11.8 Å². The van der Waals surface area contributed by atoms with E-state index in [9.17, 15) is 0 Å². The molecular formula is C15H24N2OS. The first kappa shape index (κ1) is 14.7. The van der Waals surface area contributed by atoms with Crippen molar-refractivity contribution in [1.82, 2.24) is 10.2 Å². The number of hydrogen-bond acceptors (Lipinski definition) is 4. The van der Waals surface area contributed by atoms with Gasteiger partial charge in [0, 0.05) is 37.2 Å². The zero-order valence-corrected chi connectivity index (χ0v) is 12.7. The molecule has 0 saturated carbocycles. The zero-order chi connectivity index (χ0) is 13.5. The van der Waals surface area contributed by atoms with Crippen LogP contribution < -0.4 is 10.1 Å². The average Bonchev–Trinajstić information content (AvgIpc) is 2.41. The summed E-state index contributed by atoms with van der Waals surface area (Å²) in [6.45, 7) is 7.41. The fraction of sp³-hybridized carbons (Fsp3) is 0.600. The molecule has 19 heavy (non-hydrogen) atoms. The minimum atomic E-state index is 0.759. The van der Waals surface area contributed by atoms with Crippen molar-refractivity contribution in [1.29, 1.82) is 0 Å². The Bertz CT molecular complexity index is 369. The fourth-order valence-corrected chi connectivity index (χ4v) is 3.38. The first-order valence-corrected chi connectivity index (χ1v) is 8.03. The van der Waals surface area contributed by atoms with Crippen LogP contribution in [0.5, 0.6) is 5.75 Å². The van der Waals surface area contributed by atoms with Crippen LogP contribution in [0.3, 0.4) is 0 Å². The molecule has 1 aliphatic rings. The van der Waals surface area contributed by atoms with E-state index in [1.807, 2.05) is 7.05 Å². The van der Waals surface area contributed by atoms with Gasteiger partial charge in [-0.05, 0) is 24.7 Å². The van der Waals surface area contributed by atoms with Crippen molar-refractivity contribution in [3.05, 3.63) is 29.8 Å². The van der Waals surface area contributed by atoms with Crippen molar-refractivity contribution in [2.75, 3.05) is 39.0 Å². The van der Waals surface area contributed by atoms with Crippen molar-refractivity contribution >= 4 is 11.8 Å². The number of nitrogens with one attached hydrogen (secondary N) is 1.